The van der Waals surface area contributed by atoms with Crippen LogP contribution in [0.3, 0.4) is 0 Å². The number of amides is 1. The Bertz CT molecular complexity index is 191. The Balaban J connectivity index is 2.38. The molecule has 1 saturated heterocycles. The highest BCUT2D eigenvalue weighted by Crippen LogP contribution is 2.16. The summed E-state index contributed by atoms with van der Waals surface area (Å²) in [7, 11) is 1.80. The lowest BCUT2D eigenvalue weighted by atomic mass is 10.0. The Kier molecular flexibility index (Phi) is 4.69. The first-order valence-corrected chi connectivity index (χ1v) is 5.51. The fourth-order valence-corrected chi connectivity index (χ4v) is 1.92. The van der Waals surface area contributed by atoms with E-state index in [9.17, 15) is 4.79 Å². The van der Waals surface area contributed by atoms with E-state index in [0.29, 0.717) is 13.2 Å². The fourth-order valence-electron chi connectivity index (χ4n) is 1.71. The molecule has 1 heterocycles. The zero-order valence-electron chi connectivity index (χ0n) is 8.83. The van der Waals surface area contributed by atoms with Crippen LogP contribution in [0.4, 0.5) is 0 Å². The number of carbonyl (C=O) groups is 1. The number of halogens is 1. The first kappa shape index (κ1) is 11.8. The maximum atomic E-state index is 11.8. The average molecular weight is 220 g/mol. The minimum Gasteiger partial charge on any atom is -0.381 e. The van der Waals surface area contributed by atoms with E-state index in [1.54, 1.807) is 11.9 Å². The molecule has 0 aromatic carbocycles. The van der Waals surface area contributed by atoms with E-state index in [1.165, 1.54) is 0 Å². The van der Waals surface area contributed by atoms with Gasteiger partial charge in [0.25, 0.3) is 0 Å². The summed E-state index contributed by atoms with van der Waals surface area (Å²) in [5.74, 6) is 0.210. The first-order valence-electron chi connectivity index (χ1n) is 5.08. The summed E-state index contributed by atoms with van der Waals surface area (Å²) in [4.78, 5) is 13.5. The molecular formula is C10H18ClNO2. The predicted octanol–water partition coefficient (Wildman–Crippen LogP) is 1.50. The van der Waals surface area contributed by atoms with E-state index < -0.39 is 0 Å². The van der Waals surface area contributed by atoms with Crippen LogP contribution in [0.5, 0.6) is 0 Å². The molecule has 0 saturated carbocycles. The van der Waals surface area contributed by atoms with Crippen LogP contribution >= 0.6 is 11.6 Å². The molecule has 2 unspecified atom stereocenters. The van der Waals surface area contributed by atoms with Gasteiger partial charge in [0.05, 0.1) is 12.5 Å². The van der Waals surface area contributed by atoms with Gasteiger partial charge in [-0.15, -0.1) is 11.6 Å². The molecule has 3 nitrogen and oxygen atoms in total. The normalized spacial score (nSPS) is 24.4. The summed E-state index contributed by atoms with van der Waals surface area (Å²) in [6.45, 7) is 3.86. The summed E-state index contributed by atoms with van der Waals surface area (Å²) in [6.07, 6.45) is 1.93. The average Bonchev–Trinajstić information content (AvgIpc) is 2.17. The van der Waals surface area contributed by atoms with Crippen molar-refractivity contribution in [3.63, 3.8) is 0 Å². The molecule has 1 fully saturated rings. The van der Waals surface area contributed by atoms with Crippen molar-refractivity contribution in [1.82, 2.24) is 4.90 Å². The van der Waals surface area contributed by atoms with Gasteiger partial charge in [0.15, 0.2) is 0 Å². The molecule has 82 valence electrons. The van der Waals surface area contributed by atoms with Crippen LogP contribution in [0.1, 0.15) is 19.8 Å². The topological polar surface area (TPSA) is 29.5 Å². The molecular weight excluding hydrogens is 202 g/mol. The van der Waals surface area contributed by atoms with Gasteiger partial charge in [0, 0.05) is 25.6 Å². The molecule has 0 aliphatic carbocycles. The van der Waals surface area contributed by atoms with Gasteiger partial charge in [-0.25, -0.2) is 0 Å². The lowest BCUT2D eigenvalue weighted by molar-refractivity contribution is -0.138. The van der Waals surface area contributed by atoms with Crippen molar-refractivity contribution in [3.8, 4) is 0 Å². The van der Waals surface area contributed by atoms with Crippen molar-refractivity contribution in [1.29, 1.82) is 0 Å². The van der Waals surface area contributed by atoms with Gasteiger partial charge >= 0.3 is 0 Å². The van der Waals surface area contributed by atoms with Gasteiger partial charge in [0.1, 0.15) is 0 Å². The monoisotopic (exact) mass is 219 g/mol. The van der Waals surface area contributed by atoms with Gasteiger partial charge in [-0.3, -0.25) is 4.79 Å². The third kappa shape index (κ3) is 3.46. The number of carbonyl (C=O) groups excluding carboxylic acids is 1. The van der Waals surface area contributed by atoms with Gasteiger partial charge in [-0.1, -0.05) is 0 Å². The molecule has 4 heteroatoms. The maximum absolute atomic E-state index is 11.8. The van der Waals surface area contributed by atoms with Crippen molar-refractivity contribution < 1.29 is 9.53 Å². The molecule has 0 spiro atoms. The van der Waals surface area contributed by atoms with Crippen LogP contribution < -0.4 is 0 Å². The summed E-state index contributed by atoms with van der Waals surface area (Å²) < 4.78 is 5.28. The van der Waals surface area contributed by atoms with Crippen LogP contribution in [0, 0.1) is 5.92 Å². The van der Waals surface area contributed by atoms with Gasteiger partial charge in [-0.2, -0.15) is 0 Å². The summed E-state index contributed by atoms with van der Waals surface area (Å²) in [6, 6.07) is 0. The quantitative estimate of drug-likeness (QED) is 0.674. The SMILES string of the molecule is CC(Cl)CN(C)C(=O)C1CCCOC1. The third-order valence-electron chi connectivity index (χ3n) is 2.41. The Morgan fingerprint density at radius 3 is 2.93 bits per heavy atom. The molecule has 0 aromatic rings. The van der Waals surface area contributed by atoms with E-state index in [-0.39, 0.29) is 17.2 Å². The van der Waals surface area contributed by atoms with E-state index in [1.807, 2.05) is 6.92 Å². The molecule has 2 atom stereocenters. The Morgan fingerprint density at radius 1 is 1.71 bits per heavy atom. The van der Waals surface area contributed by atoms with E-state index >= 15 is 0 Å². The molecule has 0 bridgehead atoms. The predicted molar refractivity (Wildman–Crippen MR) is 56.5 cm³/mol. The second-order valence-corrected chi connectivity index (χ2v) is 4.66. The lowest BCUT2D eigenvalue weighted by Gasteiger charge is -2.27. The lowest BCUT2D eigenvalue weighted by Crippen LogP contribution is -2.39. The van der Waals surface area contributed by atoms with Crippen LogP contribution in [-0.4, -0.2) is 43.0 Å². The second kappa shape index (κ2) is 5.56. The molecule has 0 N–H and O–H groups in total. The number of rotatable bonds is 3. The van der Waals surface area contributed by atoms with Crippen LogP contribution in [0.15, 0.2) is 0 Å². The van der Waals surface area contributed by atoms with E-state index in [4.69, 9.17) is 16.3 Å². The first-order chi connectivity index (χ1) is 6.61. The van der Waals surface area contributed by atoms with Crippen LogP contribution in [0.25, 0.3) is 0 Å². The Hall–Kier alpha value is -0.280. The molecule has 1 rings (SSSR count). The fraction of sp³-hybridized carbons (Fsp3) is 0.900. The molecule has 14 heavy (non-hydrogen) atoms. The summed E-state index contributed by atoms with van der Waals surface area (Å²) in [5.41, 5.74) is 0. The number of ether oxygens (including phenoxy) is 1. The number of alkyl halides is 1. The highest BCUT2D eigenvalue weighted by atomic mass is 35.5. The minimum atomic E-state index is 0.00783. The van der Waals surface area contributed by atoms with E-state index in [0.717, 1.165) is 19.4 Å². The molecule has 1 aliphatic heterocycles. The zero-order valence-corrected chi connectivity index (χ0v) is 9.59. The molecule has 1 amide bonds. The van der Waals surface area contributed by atoms with Crippen molar-refractivity contribution in [3.05, 3.63) is 0 Å². The van der Waals surface area contributed by atoms with E-state index in [2.05, 4.69) is 0 Å². The zero-order chi connectivity index (χ0) is 10.6. The second-order valence-electron chi connectivity index (χ2n) is 3.91. The maximum Gasteiger partial charge on any atom is 0.227 e. The van der Waals surface area contributed by atoms with Crippen molar-refractivity contribution in [2.75, 3.05) is 26.8 Å². The standard InChI is InChI=1S/C10H18ClNO2/c1-8(11)6-12(2)10(13)9-4-3-5-14-7-9/h8-9H,3-7H2,1-2H3. The van der Waals surface area contributed by atoms with Crippen LogP contribution in [0.2, 0.25) is 0 Å². The highest BCUT2D eigenvalue weighted by Gasteiger charge is 2.24. The molecule has 0 radical (unpaired) electrons. The summed E-state index contributed by atoms with van der Waals surface area (Å²) >= 11 is 5.83. The van der Waals surface area contributed by atoms with Crippen molar-refractivity contribution in [2.24, 2.45) is 5.92 Å². The minimum absolute atomic E-state index is 0.00783. The molecule has 0 aromatic heterocycles. The Morgan fingerprint density at radius 2 is 2.43 bits per heavy atom. The summed E-state index contributed by atoms with van der Waals surface area (Å²) in [5, 5.41) is 0.00783. The van der Waals surface area contributed by atoms with Crippen molar-refractivity contribution >= 4 is 17.5 Å². The molecule has 1 aliphatic rings. The number of hydrogen-bond donors (Lipinski definition) is 0. The van der Waals surface area contributed by atoms with Crippen molar-refractivity contribution in [2.45, 2.75) is 25.1 Å². The van der Waals surface area contributed by atoms with Crippen LogP contribution in [-0.2, 0) is 9.53 Å². The van der Waals surface area contributed by atoms with Gasteiger partial charge < -0.3 is 9.64 Å². The number of hydrogen-bond acceptors (Lipinski definition) is 2. The number of nitrogens with zero attached hydrogens (tertiary/aromatic N) is 1. The smallest absolute Gasteiger partial charge is 0.227 e. The van der Waals surface area contributed by atoms with Gasteiger partial charge in [0.2, 0.25) is 5.91 Å². The largest absolute Gasteiger partial charge is 0.381 e. The third-order valence-corrected chi connectivity index (χ3v) is 2.55. The van der Waals surface area contributed by atoms with Gasteiger partial charge in [-0.05, 0) is 19.8 Å². The Labute approximate surface area is 90.4 Å². The highest BCUT2D eigenvalue weighted by molar-refractivity contribution is 6.20.